The minimum Gasteiger partial charge on any atom is -0.487 e. The summed E-state index contributed by atoms with van der Waals surface area (Å²) in [5, 5.41) is 3.84. The lowest BCUT2D eigenvalue weighted by atomic mass is 10.1. The lowest BCUT2D eigenvalue weighted by Crippen LogP contribution is -2.44. The molecule has 0 bridgehead atoms. The molecule has 0 saturated heterocycles. The Labute approximate surface area is 198 Å². The molecular weight excluding hydrogens is 434 g/mol. The number of hydrogen-bond acceptors (Lipinski definition) is 5. The quantitative estimate of drug-likeness (QED) is 0.464. The van der Waals surface area contributed by atoms with Gasteiger partial charge in [-0.25, -0.2) is 9.78 Å². The zero-order valence-electron chi connectivity index (χ0n) is 18.9. The lowest BCUT2D eigenvalue weighted by Gasteiger charge is -2.33. The molecule has 7 heteroatoms. The third kappa shape index (κ3) is 5.54. The van der Waals surface area contributed by atoms with Crippen molar-refractivity contribution in [3.05, 3.63) is 66.9 Å². The third-order valence-corrected chi connectivity index (χ3v) is 6.74. The van der Waals surface area contributed by atoms with E-state index in [2.05, 4.69) is 10.3 Å². The molecule has 1 N–H and O–H groups in total. The number of para-hydroxylation sites is 1. The van der Waals surface area contributed by atoms with Crippen LogP contribution in [0, 0.1) is 5.92 Å². The van der Waals surface area contributed by atoms with Gasteiger partial charge in [0.1, 0.15) is 17.6 Å². The van der Waals surface area contributed by atoms with E-state index in [1.165, 1.54) is 0 Å². The fourth-order valence-corrected chi connectivity index (χ4v) is 4.44. The van der Waals surface area contributed by atoms with E-state index < -0.39 is 0 Å². The Balaban J connectivity index is 1.51. The highest BCUT2D eigenvalue weighted by molar-refractivity contribution is 7.99. The van der Waals surface area contributed by atoms with E-state index in [0.29, 0.717) is 18.0 Å². The van der Waals surface area contributed by atoms with Gasteiger partial charge in [-0.3, -0.25) is 9.69 Å². The van der Waals surface area contributed by atoms with Crippen molar-refractivity contribution in [2.45, 2.75) is 31.9 Å². The fraction of sp³-hybridized carbons (Fsp3) is 0.269. The molecule has 0 aliphatic carbocycles. The highest BCUT2D eigenvalue weighted by Gasteiger charge is 2.28. The average Bonchev–Trinajstić information content (AvgIpc) is 2.82. The number of carbonyl (C=O) groups is 2. The van der Waals surface area contributed by atoms with Gasteiger partial charge < -0.3 is 10.1 Å². The van der Waals surface area contributed by atoms with E-state index >= 15 is 0 Å². The Bertz CT molecular complexity index is 1140. The minimum absolute atomic E-state index is 0.0123. The molecule has 2 amide bonds. The first-order valence-corrected chi connectivity index (χ1v) is 11.9. The summed E-state index contributed by atoms with van der Waals surface area (Å²) in [4.78, 5) is 30.6. The van der Waals surface area contributed by atoms with Crippen LogP contribution in [0.1, 0.15) is 20.8 Å². The van der Waals surface area contributed by atoms with Crippen LogP contribution in [0.15, 0.2) is 71.9 Å². The molecule has 2 heterocycles. The maximum atomic E-state index is 12.9. The Kier molecular flexibility index (Phi) is 6.99. The summed E-state index contributed by atoms with van der Waals surface area (Å²) >= 11 is 1.58. The second-order valence-corrected chi connectivity index (χ2v) is 9.27. The first-order chi connectivity index (χ1) is 15.9. The molecule has 0 spiro atoms. The maximum absolute atomic E-state index is 12.9. The largest absolute Gasteiger partial charge is 0.487 e. The van der Waals surface area contributed by atoms with Crippen molar-refractivity contribution in [1.82, 2.24) is 4.98 Å². The van der Waals surface area contributed by atoms with E-state index in [1.54, 1.807) is 23.6 Å². The van der Waals surface area contributed by atoms with Crippen LogP contribution in [0.5, 0.6) is 5.75 Å². The zero-order valence-corrected chi connectivity index (χ0v) is 19.8. The van der Waals surface area contributed by atoms with Crippen LogP contribution in [-0.2, 0) is 4.79 Å². The molecule has 0 fully saturated rings. The van der Waals surface area contributed by atoms with E-state index in [4.69, 9.17) is 4.74 Å². The summed E-state index contributed by atoms with van der Waals surface area (Å²) in [5.74, 6) is 1.59. The summed E-state index contributed by atoms with van der Waals surface area (Å²) in [6.45, 7) is 5.97. The van der Waals surface area contributed by atoms with Crippen molar-refractivity contribution in [2.75, 3.05) is 22.5 Å². The van der Waals surface area contributed by atoms with Gasteiger partial charge in [-0.15, -0.1) is 11.8 Å². The minimum atomic E-state index is -0.187. The second kappa shape index (κ2) is 10.1. The molecule has 2 unspecified atom stereocenters. The number of ether oxygens (including phenoxy) is 1. The average molecular weight is 462 g/mol. The lowest BCUT2D eigenvalue weighted by molar-refractivity contribution is -0.119. The number of anilines is 2. The molecule has 6 nitrogen and oxygen atoms in total. The van der Waals surface area contributed by atoms with Crippen molar-refractivity contribution >= 4 is 35.0 Å². The Morgan fingerprint density at radius 1 is 1.15 bits per heavy atom. The second-order valence-electron chi connectivity index (χ2n) is 8.23. The number of aromatic nitrogens is 1. The molecule has 2 aromatic carbocycles. The molecule has 2 atom stereocenters. The van der Waals surface area contributed by atoms with E-state index in [0.717, 1.165) is 27.5 Å². The Hall–Kier alpha value is -3.32. The molecular formula is C26H27N3O3S. The number of nitrogens with one attached hydrogen (secondary N) is 1. The normalized spacial score (nSPS) is 15.8. The predicted octanol–water partition coefficient (Wildman–Crippen LogP) is 5.89. The van der Waals surface area contributed by atoms with E-state index in [1.807, 2.05) is 80.7 Å². The van der Waals surface area contributed by atoms with Gasteiger partial charge in [-0.05, 0) is 49.7 Å². The van der Waals surface area contributed by atoms with Gasteiger partial charge >= 0.3 is 6.03 Å². The van der Waals surface area contributed by atoms with Gasteiger partial charge in [0.05, 0.1) is 17.3 Å². The Morgan fingerprint density at radius 3 is 2.61 bits per heavy atom. The maximum Gasteiger partial charge on any atom is 0.326 e. The number of amides is 2. The number of thioether (sulfide) groups is 1. The molecule has 1 aromatic heterocycles. The van der Waals surface area contributed by atoms with Gasteiger partial charge in [0.25, 0.3) is 0 Å². The van der Waals surface area contributed by atoms with Crippen LogP contribution in [-0.4, -0.2) is 35.2 Å². The van der Waals surface area contributed by atoms with Crippen LogP contribution in [0.25, 0.3) is 11.1 Å². The van der Waals surface area contributed by atoms with Crippen molar-refractivity contribution in [3.8, 4) is 16.9 Å². The number of rotatable bonds is 6. The molecule has 4 rings (SSSR count). The first kappa shape index (κ1) is 22.9. The highest BCUT2D eigenvalue weighted by atomic mass is 32.2. The number of urea groups is 1. The van der Waals surface area contributed by atoms with Gasteiger partial charge in [0, 0.05) is 29.1 Å². The van der Waals surface area contributed by atoms with Gasteiger partial charge in [0.15, 0.2) is 0 Å². The molecule has 3 aromatic rings. The number of nitrogens with zero attached hydrogens (tertiary/aromatic N) is 2. The third-order valence-electron chi connectivity index (χ3n) is 5.53. The SMILES string of the molecule is CC(=O)C(C)CSc1ccc(-c2ccc3c(c2)OC(C)CN3C(=O)Nc2ccccc2)cn1. The van der Waals surface area contributed by atoms with Gasteiger partial charge in [0.2, 0.25) is 0 Å². The molecule has 33 heavy (non-hydrogen) atoms. The van der Waals surface area contributed by atoms with Crippen molar-refractivity contribution in [3.63, 3.8) is 0 Å². The molecule has 1 aliphatic heterocycles. The van der Waals surface area contributed by atoms with Crippen molar-refractivity contribution in [1.29, 1.82) is 0 Å². The number of ketones is 1. The van der Waals surface area contributed by atoms with Crippen molar-refractivity contribution in [2.24, 2.45) is 5.92 Å². The fourth-order valence-electron chi connectivity index (χ4n) is 3.49. The van der Waals surface area contributed by atoms with Crippen LogP contribution >= 0.6 is 11.8 Å². The molecule has 0 radical (unpaired) electrons. The summed E-state index contributed by atoms with van der Waals surface area (Å²) in [7, 11) is 0. The van der Waals surface area contributed by atoms with E-state index in [-0.39, 0.29) is 23.8 Å². The summed E-state index contributed by atoms with van der Waals surface area (Å²) in [6.07, 6.45) is 1.70. The number of carbonyl (C=O) groups excluding carboxylic acids is 2. The first-order valence-electron chi connectivity index (χ1n) is 10.9. The molecule has 1 aliphatic rings. The highest BCUT2D eigenvalue weighted by Crippen LogP contribution is 2.37. The topological polar surface area (TPSA) is 71.5 Å². The Morgan fingerprint density at radius 2 is 1.91 bits per heavy atom. The van der Waals surface area contributed by atoms with Crippen LogP contribution in [0.2, 0.25) is 0 Å². The van der Waals surface area contributed by atoms with Crippen molar-refractivity contribution < 1.29 is 14.3 Å². The zero-order chi connectivity index (χ0) is 23.4. The summed E-state index contributed by atoms with van der Waals surface area (Å²) in [5.41, 5.74) is 3.42. The number of pyridine rings is 1. The van der Waals surface area contributed by atoms with E-state index in [9.17, 15) is 9.59 Å². The number of Topliss-reactive ketones (excluding diaryl/α,β-unsaturated/α-hetero) is 1. The number of fused-ring (bicyclic) bond motifs is 1. The number of hydrogen-bond donors (Lipinski definition) is 1. The van der Waals surface area contributed by atoms with Gasteiger partial charge in [-0.2, -0.15) is 0 Å². The van der Waals surface area contributed by atoms with Crippen LogP contribution in [0.4, 0.5) is 16.2 Å². The monoisotopic (exact) mass is 461 g/mol. The molecule has 170 valence electrons. The van der Waals surface area contributed by atoms with Crippen LogP contribution in [0.3, 0.4) is 0 Å². The standard InChI is InChI=1S/C26H27N3O3S/c1-17(19(3)30)16-33-25-12-10-21(14-27-25)20-9-11-23-24(13-20)32-18(2)15-29(23)26(31)28-22-7-5-4-6-8-22/h4-14,17-18H,15-16H2,1-3H3,(H,28,31). The summed E-state index contributed by atoms with van der Waals surface area (Å²) < 4.78 is 6.06. The predicted molar refractivity (Wildman–Crippen MR) is 133 cm³/mol. The van der Waals surface area contributed by atoms with Gasteiger partial charge in [-0.1, -0.05) is 37.3 Å². The smallest absolute Gasteiger partial charge is 0.326 e. The summed E-state index contributed by atoms with van der Waals surface area (Å²) in [6, 6.07) is 19.1. The number of benzene rings is 2. The molecule has 0 saturated carbocycles. The van der Waals surface area contributed by atoms with Crippen LogP contribution < -0.4 is 15.0 Å².